The van der Waals surface area contributed by atoms with E-state index in [1.165, 1.54) is 12.8 Å². The summed E-state index contributed by atoms with van der Waals surface area (Å²) >= 11 is 0. The maximum Gasteiger partial charge on any atom is -0.0320 e. The van der Waals surface area contributed by atoms with Crippen molar-refractivity contribution in [1.82, 2.24) is 0 Å². The minimum atomic E-state index is 0.997. The van der Waals surface area contributed by atoms with E-state index in [0.717, 1.165) is 142 Å². The van der Waals surface area contributed by atoms with Gasteiger partial charge in [-0.3, -0.25) is 0 Å². The predicted molar refractivity (Wildman–Crippen MR) is 161 cm³/mol. The van der Waals surface area contributed by atoms with Crippen molar-refractivity contribution in [2.24, 2.45) is 142 Å². The normalized spacial score (nSPS) is 70.8. The number of fused-ring (bicyclic) bond motifs is 21. The van der Waals surface area contributed by atoms with Crippen LogP contribution in [-0.2, 0) is 0 Å². The zero-order valence-corrected chi connectivity index (χ0v) is 26.8. The molecule has 0 aromatic rings. The molecule has 0 heterocycles. The molecule has 9 rings (SSSR count). The summed E-state index contributed by atoms with van der Waals surface area (Å²) in [6.07, 6.45) is 11.0. The van der Waals surface area contributed by atoms with Gasteiger partial charge in [0.25, 0.3) is 0 Å². The van der Waals surface area contributed by atoms with E-state index >= 15 is 0 Å². The van der Waals surface area contributed by atoms with Gasteiger partial charge >= 0.3 is 0 Å². The molecule has 0 nitrogen and oxygen atoms in total. The highest BCUT2D eigenvalue weighted by Crippen LogP contribution is 2.79. The molecule has 9 saturated carbocycles. The van der Waals surface area contributed by atoms with Gasteiger partial charge in [-0.2, -0.15) is 0 Å². The van der Waals surface area contributed by atoms with Gasteiger partial charge in [-0.25, -0.2) is 0 Å². The highest BCUT2D eigenvalue weighted by molar-refractivity contribution is 5.21. The second-order valence-corrected chi connectivity index (χ2v) is 18.6. The Morgan fingerprint density at radius 1 is 0.359 bits per heavy atom. The molecule has 0 aromatic heterocycles. The maximum absolute atomic E-state index is 2.85. The Balaban J connectivity index is 1.06. The van der Waals surface area contributed by atoms with Crippen molar-refractivity contribution in [2.75, 3.05) is 0 Å². The van der Waals surface area contributed by atoms with Gasteiger partial charge in [-0.15, -0.1) is 0 Å². The van der Waals surface area contributed by atoms with Crippen LogP contribution in [0.3, 0.4) is 0 Å². The van der Waals surface area contributed by atoms with Crippen LogP contribution in [0.4, 0.5) is 0 Å². The molecule has 0 amide bonds. The Bertz CT molecular complexity index is 996. The van der Waals surface area contributed by atoms with Gasteiger partial charge in [-0.1, -0.05) is 68.2 Å². The largest absolute Gasteiger partial charge is 0.0651 e. The van der Waals surface area contributed by atoms with E-state index in [1.807, 2.05) is 0 Å². The number of hydrogen-bond donors (Lipinski definition) is 0. The summed E-state index contributed by atoms with van der Waals surface area (Å²) in [5.74, 6) is 25.7. The SMILES string of the molecule is CCC1CC(C)C2C3CC(C2C1C)C1C(C)C2C4CC(C5C(C)C6C7CC(CC)C(C7)C6C(C)C45)C2C(C)C31. The van der Waals surface area contributed by atoms with Crippen molar-refractivity contribution in [1.29, 1.82) is 0 Å². The average molecular weight is 531 g/mol. The third-order valence-corrected chi connectivity index (χ3v) is 18.7. The molecule has 0 aromatic carbocycles. The van der Waals surface area contributed by atoms with E-state index in [-0.39, 0.29) is 0 Å². The van der Waals surface area contributed by atoms with Crippen LogP contribution in [0.15, 0.2) is 0 Å². The van der Waals surface area contributed by atoms with E-state index in [0.29, 0.717) is 0 Å². The van der Waals surface area contributed by atoms with Crippen LogP contribution in [-0.4, -0.2) is 0 Å². The summed E-state index contributed by atoms with van der Waals surface area (Å²) in [7, 11) is 0. The first-order valence-electron chi connectivity index (χ1n) is 18.8. The molecular weight excluding hydrogens is 468 g/mol. The van der Waals surface area contributed by atoms with E-state index in [9.17, 15) is 0 Å². The highest BCUT2D eigenvalue weighted by Gasteiger charge is 2.74. The minimum absolute atomic E-state index is 0.997. The molecule has 218 valence electrons. The summed E-state index contributed by atoms with van der Waals surface area (Å²) in [4.78, 5) is 0. The summed E-state index contributed by atoms with van der Waals surface area (Å²) < 4.78 is 0. The molecule has 39 heavy (non-hydrogen) atoms. The van der Waals surface area contributed by atoms with Gasteiger partial charge < -0.3 is 0 Å². The fourth-order valence-corrected chi connectivity index (χ4v) is 18.5. The second-order valence-electron chi connectivity index (χ2n) is 18.6. The Morgan fingerprint density at radius 2 is 0.769 bits per heavy atom. The molecule has 0 aliphatic heterocycles. The van der Waals surface area contributed by atoms with E-state index < -0.39 is 0 Å². The Morgan fingerprint density at radius 3 is 1.26 bits per heavy atom. The van der Waals surface area contributed by atoms with Crippen LogP contribution in [0.25, 0.3) is 0 Å². The third-order valence-electron chi connectivity index (χ3n) is 18.7. The molecule has 0 N–H and O–H groups in total. The lowest BCUT2D eigenvalue weighted by molar-refractivity contribution is -0.161. The first-order valence-corrected chi connectivity index (χ1v) is 18.8. The standard InChI is InChI=1S/C39H62/c1-9-22-11-16(3)30-26-14-27(32(30)17(22)4)37-21(8)39-29-15-28(38(39)20(7)35(26)37)34-18(5)31-24-12-23(10-2)25(13-24)33(31)19(6)36(29)34/h16-39H,9-15H2,1-8H3. The number of hydrogen-bond acceptors (Lipinski definition) is 0. The van der Waals surface area contributed by atoms with Crippen LogP contribution < -0.4 is 0 Å². The van der Waals surface area contributed by atoms with Gasteiger partial charge in [0.2, 0.25) is 0 Å². The molecule has 24 unspecified atom stereocenters. The van der Waals surface area contributed by atoms with Crippen molar-refractivity contribution < 1.29 is 0 Å². The van der Waals surface area contributed by atoms with Gasteiger partial charge in [0, 0.05) is 0 Å². The maximum atomic E-state index is 2.85. The minimum Gasteiger partial charge on any atom is -0.0651 e. The van der Waals surface area contributed by atoms with Gasteiger partial charge in [-0.05, 0) is 174 Å². The molecule has 0 spiro atoms. The smallest absolute Gasteiger partial charge is 0.0320 e. The zero-order valence-electron chi connectivity index (χ0n) is 26.8. The van der Waals surface area contributed by atoms with Crippen molar-refractivity contribution >= 4 is 0 Å². The molecule has 0 radical (unpaired) electrons. The number of rotatable bonds is 2. The fraction of sp³-hybridized carbons (Fsp3) is 1.00. The fourth-order valence-electron chi connectivity index (χ4n) is 18.5. The summed E-state index contributed by atoms with van der Waals surface area (Å²) in [5, 5.41) is 0. The first kappa shape index (κ1) is 25.5. The van der Waals surface area contributed by atoms with Crippen molar-refractivity contribution in [2.45, 2.75) is 100 Å². The van der Waals surface area contributed by atoms with Crippen LogP contribution in [0, 0.1) is 142 Å². The lowest BCUT2D eigenvalue weighted by atomic mass is 9.41. The third kappa shape index (κ3) is 2.83. The molecule has 9 fully saturated rings. The highest BCUT2D eigenvalue weighted by atomic mass is 14.8. The van der Waals surface area contributed by atoms with Crippen molar-refractivity contribution in [3.63, 3.8) is 0 Å². The van der Waals surface area contributed by atoms with Crippen LogP contribution >= 0.6 is 0 Å². The lowest BCUT2D eigenvalue weighted by Gasteiger charge is -2.63. The Labute approximate surface area is 242 Å². The van der Waals surface area contributed by atoms with Crippen molar-refractivity contribution in [3.8, 4) is 0 Å². The van der Waals surface area contributed by atoms with E-state index in [1.54, 1.807) is 32.1 Å². The van der Waals surface area contributed by atoms with Gasteiger partial charge in [0.15, 0.2) is 0 Å². The molecule has 24 atom stereocenters. The molecule has 9 aliphatic rings. The monoisotopic (exact) mass is 530 g/mol. The van der Waals surface area contributed by atoms with Crippen LogP contribution in [0.1, 0.15) is 100 Å². The van der Waals surface area contributed by atoms with Gasteiger partial charge in [0.1, 0.15) is 0 Å². The van der Waals surface area contributed by atoms with Crippen LogP contribution in [0.2, 0.25) is 0 Å². The molecular formula is C39H62. The van der Waals surface area contributed by atoms with Gasteiger partial charge in [0.05, 0.1) is 0 Å². The second kappa shape index (κ2) is 8.34. The van der Waals surface area contributed by atoms with E-state index in [2.05, 4.69) is 55.4 Å². The molecule has 0 heteroatoms. The Hall–Kier alpha value is 0. The molecule has 6 bridgehead atoms. The summed E-state index contributed by atoms with van der Waals surface area (Å²) in [5.41, 5.74) is 0. The quantitative estimate of drug-likeness (QED) is 0.333. The summed E-state index contributed by atoms with van der Waals surface area (Å²) in [6.45, 7) is 21.8. The van der Waals surface area contributed by atoms with Crippen LogP contribution in [0.5, 0.6) is 0 Å². The van der Waals surface area contributed by atoms with Crippen molar-refractivity contribution in [3.05, 3.63) is 0 Å². The Kier molecular flexibility index (Phi) is 5.45. The van der Waals surface area contributed by atoms with E-state index in [4.69, 9.17) is 0 Å². The average Bonchev–Trinajstić information content (AvgIpc) is 3.76. The first-order chi connectivity index (χ1) is 18.8. The topological polar surface area (TPSA) is 0 Å². The lowest BCUT2D eigenvalue weighted by Crippen LogP contribution is -2.59. The summed E-state index contributed by atoms with van der Waals surface area (Å²) in [6, 6.07) is 0. The molecule has 9 aliphatic carbocycles. The molecule has 0 saturated heterocycles. The predicted octanol–water partition coefficient (Wildman–Crippen LogP) is 9.79. The zero-order chi connectivity index (χ0) is 26.8.